The molecule has 2 atom stereocenters. The van der Waals surface area contributed by atoms with Crippen LogP contribution in [0.1, 0.15) is 18.2 Å². The highest BCUT2D eigenvalue weighted by Gasteiger charge is 2.23. The lowest BCUT2D eigenvalue weighted by molar-refractivity contribution is -0.121. The van der Waals surface area contributed by atoms with Gasteiger partial charge in [0.15, 0.2) is 5.65 Å². The van der Waals surface area contributed by atoms with Gasteiger partial charge in [-0.3, -0.25) is 4.79 Å². The van der Waals surface area contributed by atoms with Gasteiger partial charge in [0.05, 0.1) is 24.4 Å². The minimum Gasteiger partial charge on any atom is -0.389 e. The van der Waals surface area contributed by atoms with Crippen molar-refractivity contribution < 1.29 is 15.0 Å². The van der Waals surface area contributed by atoms with Crippen LogP contribution in [0.15, 0.2) is 24.5 Å². The van der Waals surface area contributed by atoms with Crippen LogP contribution < -0.4 is 5.73 Å². The number of aliphatic hydroxyl groups is 2. The minimum atomic E-state index is -1.27. The van der Waals surface area contributed by atoms with Crippen molar-refractivity contribution in [3.8, 4) is 0 Å². The molecule has 0 aliphatic rings. The monoisotopic (exact) mass is 236 g/mol. The van der Waals surface area contributed by atoms with Gasteiger partial charge in [-0.05, 0) is 12.1 Å². The van der Waals surface area contributed by atoms with Crippen LogP contribution in [0.5, 0.6) is 0 Å². The van der Waals surface area contributed by atoms with E-state index in [1.807, 2.05) is 0 Å². The zero-order valence-corrected chi connectivity index (χ0v) is 8.89. The largest absolute Gasteiger partial charge is 0.389 e. The molecule has 4 N–H and O–H groups in total. The van der Waals surface area contributed by atoms with Gasteiger partial charge < -0.3 is 15.9 Å². The number of aromatic nitrogens is 3. The lowest BCUT2D eigenvalue weighted by Crippen LogP contribution is -2.26. The third-order valence-electron chi connectivity index (χ3n) is 2.38. The van der Waals surface area contributed by atoms with Crippen LogP contribution in [-0.2, 0) is 4.79 Å². The Labute approximate surface area is 96.5 Å². The molecule has 7 heteroatoms. The number of hydrogen-bond donors (Lipinski definition) is 3. The molecular weight excluding hydrogens is 224 g/mol. The number of carbonyl (C=O) groups is 1. The van der Waals surface area contributed by atoms with E-state index in [-0.39, 0.29) is 6.42 Å². The highest BCUT2D eigenvalue weighted by molar-refractivity contribution is 5.74. The Kier molecular flexibility index (Phi) is 3.03. The molecule has 0 radical (unpaired) electrons. The highest BCUT2D eigenvalue weighted by atomic mass is 16.3. The standard InChI is InChI=1S/C10H12N4O3/c11-8(16)4-7(15)10(17)6-5-12-9-2-1-3-13-14(6)9/h1-3,5,7,10,15,17H,4H2,(H2,11,16). The maximum Gasteiger partial charge on any atom is 0.220 e. The van der Waals surface area contributed by atoms with Crippen molar-refractivity contribution in [2.45, 2.75) is 18.6 Å². The molecule has 7 nitrogen and oxygen atoms in total. The van der Waals surface area contributed by atoms with E-state index in [4.69, 9.17) is 5.73 Å². The number of aliphatic hydroxyl groups excluding tert-OH is 2. The SMILES string of the molecule is NC(=O)CC(O)C(O)c1cnc2cccnn12. The fourth-order valence-electron chi connectivity index (χ4n) is 1.56. The van der Waals surface area contributed by atoms with Crippen molar-refractivity contribution in [1.29, 1.82) is 0 Å². The Bertz CT molecular complexity index is 539. The number of carbonyl (C=O) groups excluding carboxylic acids is 1. The Morgan fingerprint density at radius 1 is 1.53 bits per heavy atom. The third kappa shape index (κ3) is 2.24. The van der Waals surface area contributed by atoms with Gasteiger partial charge in [-0.15, -0.1) is 0 Å². The topological polar surface area (TPSA) is 114 Å². The molecule has 2 unspecified atom stereocenters. The summed E-state index contributed by atoms with van der Waals surface area (Å²) in [6.45, 7) is 0. The normalized spacial score (nSPS) is 14.7. The van der Waals surface area contributed by atoms with Gasteiger partial charge in [0, 0.05) is 6.20 Å². The number of fused-ring (bicyclic) bond motifs is 1. The Hall–Kier alpha value is -1.99. The molecular formula is C10H12N4O3. The molecule has 2 aromatic heterocycles. The van der Waals surface area contributed by atoms with E-state index >= 15 is 0 Å². The lowest BCUT2D eigenvalue weighted by atomic mass is 10.1. The van der Waals surface area contributed by atoms with Crippen molar-refractivity contribution in [2.24, 2.45) is 5.73 Å². The summed E-state index contributed by atoms with van der Waals surface area (Å²) in [6.07, 6.45) is 0.0888. The molecule has 17 heavy (non-hydrogen) atoms. The van der Waals surface area contributed by atoms with E-state index in [1.54, 1.807) is 12.1 Å². The molecule has 0 saturated heterocycles. The van der Waals surface area contributed by atoms with E-state index in [9.17, 15) is 15.0 Å². The fraction of sp³-hybridized carbons (Fsp3) is 0.300. The van der Waals surface area contributed by atoms with Gasteiger partial charge in [-0.25, -0.2) is 9.50 Å². The van der Waals surface area contributed by atoms with Crippen molar-refractivity contribution in [1.82, 2.24) is 14.6 Å². The van der Waals surface area contributed by atoms with E-state index < -0.39 is 18.1 Å². The first-order chi connectivity index (χ1) is 8.09. The van der Waals surface area contributed by atoms with Crippen molar-refractivity contribution >= 4 is 11.6 Å². The molecule has 0 saturated carbocycles. The average Bonchev–Trinajstić information content (AvgIpc) is 2.70. The summed E-state index contributed by atoms with van der Waals surface area (Å²) in [5.41, 5.74) is 5.81. The number of rotatable bonds is 4. The van der Waals surface area contributed by atoms with Crippen LogP contribution in [-0.4, -0.2) is 36.8 Å². The summed E-state index contributed by atoms with van der Waals surface area (Å²) in [7, 11) is 0. The highest BCUT2D eigenvalue weighted by Crippen LogP contribution is 2.19. The van der Waals surface area contributed by atoms with Crippen molar-refractivity contribution in [2.75, 3.05) is 0 Å². The zero-order chi connectivity index (χ0) is 12.4. The molecule has 0 aliphatic carbocycles. The van der Waals surface area contributed by atoms with Crippen molar-refractivity contribution in [3.63, 3.8) is 0 Å². The van der Waals surface area contributed by atoms with Crippen LogP contribution in [0.2, 0.25) is 0 Å². The summed E-state index contributed by atoms with van der Waals surface area (Å²) < 4.78 is 1.40. The van der Waals surface area contributed by atoms with Gasteiger partial charge in [0.25, 0.3) is 0 Å². The molecule has 2 rings (SSSR count). The van der Waals surface area contributed by atoms with E-state index in [1.165, 1.54) is 16.9 Å². The summed E-state index contributed by atoms with van der Waals surface area (Å²) in [6, 6.07) is 3.42. The first-order valence-electron chi connectivity index (χ1n) is 5.02. The second-order valence-corrected chi connectivity index (χ2v) is 3.66. The van der Waals surface area contributed by atoms with Crippen LogP contribution >= 0.6 is 0 Å². The Morgan fingerprint density at radius 3 is 3.00 bits per heavy atom. The summed E-state index contributed by atoms with van der Waals surface area (Å²) >= 11 is 0. The smallest absolute Gasteiger partial charge is 0.220 e. The Balaban J connectivity index is 2.30. The molecule has 0 fully saturated rings. The first kappa shape index (κ1) is 11.5. The molecule has 2 heterocycles. The summed E-state index contributed by atoms with van der Waals surface area (Å²) in [5.74, 6) is -0.682. The maximum absolute atomic E-state index is 10.7. The molecule has 0 aliphatic heterocycles. The number of nitrogens with two attached hydrogens (primary N) is 1. The number of hydrogen-bond acceptors (Lipinski definition) is 5. The molecule has 0 spiro atoms. The molecule has 2 aromatic rings. The molecule has 90 valence electrons. The third-order valence-corrected chi connectivity index (χ3v) is 2.38. The number of imidazole rings is 1. The number of amides is 1. The van der Waals surface area contributed by atoms with E-state index in [0.29, 0.717) is 11.3 Å². The number of nitrogens with zero attached hydrogens (tertiary/aromatic N) is 3. The summed E-state index contributed by atoms with van der Waals surface area (Å²) in [4.78, 5) is 14.7. The molecule has 1 amide bonds. The zero-order valence-electron chi connectivity index (χ0n) is 8.89. The Morgan fingerprint density at radius 2 is 2.29 bits per heavy atom. The van der Waals surface area contributed by atoms with E-state index in [2.05, 4.69) is 10.1 Å². The van der Waals surface area contributed by atoms with Gasteiger partial charge in [0.1, 0.15) is 6.10 Å². The fourth-order valence-corrected chi connectivity index (χ4v) is 1.56. The van der Waals surface area contributed by atoms with Crippen LogP contribution in [0.25, 0.3) is 5.65 Å². The second-order valence-electron chi connectivity index (χ2n) is 3.66. The summed E-state index contributed by atoms with van der Waals surface area (Å²) in [5, 5.41) is 23.5. The van der Waals surface area contributed by atoms with Crippen LogP contribution in [0.3, 0.4) is 0 Å². The van der Waals surface area contributed by atoms with E-state index in [0.717, 1.165) is 0 Å². The minimum absolute atomic E-state index is 0.314. The lowest BCUT2D eigenvalue weighted by Gasteiger charge is -2.15. The van der Waals surface area contributed by atoms with Gasteiger partial charge in [0.2, 0.25) is 5.91 Å². The molecule has 0 bridgehead atoms. The second kappa shape index (κ2) is 4.48. The van der Waals surface area contributed by atoms with Gasteiger partial charge in [-0.2, -0.15) is 5.10 Å². The van der Waals surface area contributed by atoms with Crippen LogP contribution in [0, 0.1) is 0 Å². The predicted molar refractivity (Wildman–Crippen MR) is 57.8 cm³/mol. The average molecular weight is 236 g/mol. The maximum atomic E-state index is 10.7. The van der Waals surface area contributed by atoms with Crippen molar-refractivity contribution in [3.05, 3.63) is 30.2 Å². The molecule has 0 aromatic carbocycles. The van der Waals surface area contributed by atoms with Gasteiger partial charge >= 0.3 is 0 Å². The first-order valence-corrected chi connectivity index (χ1v) is 5.02. The quantitative estimate of drug-likeness (QED) is 0.630. The van der Waals surface area contributed by atoms with Gasteiger partial charge in [-0.1, -0.05) is 0 Å². The predicted octanol–water partition coefficient (Wildman–Crippen LogP) is -1.00. The van der Waals surface area contributed by atoms with Crippen LogP contribution in [0.4, 0.5) is 0 Å². The number of primary amides is 1.